The van der Waals surface area contributed by atoms with Crippen LogP contribution < -0.4 is 16.8 Å². The summed E-state index contributed by atoms with van der Waals surface area (Å²) in [4.78, 5) is 21.3. The highest BCUT2D eigenvalue weighted by molar-refractivity contribution is 5.90. The summed E-state index contributed by atoms with van der Waals surface area (Å²) in [7, 11) is 0. The van der Waals surface area contributed by atoms with E-state index in [-0.39, 0.29) is 6.54 Å². The van der Waals surface area contributed by atoms with Gasteiger partial charge in [-0.25, -0.2) is 0 Å². The molecule has 0 saturated carbocycles. The summed E-state index contributed by atoms with van der Waals surface area (Å²) in [6.45, 7) is 2.89. The van der Waals surface area contributed by atoms with Gasteiger partial charge in [0.15, 0.2) is 0 Å². The lowest BCUT2D eigenvalue weighted by molar-refractivity contribution is -0.129. The lowest BCUT2D eigenvalue weighted by atomic mass is 10.1. The smallest absolute Gasteiger partial charge is 0.242 e. The Hall–Kier alpha value is -1.10. The number of amides is 2. The number of rotatable bonds is 3. The van der Waals surface area contributed by atoms with Crippen molar-refractivity contribution in [2.45, 2.75) is 19.4 Å². The number of nitrogens with one attached hydrogen (secondary N) is 1. The van der Waals surface area contributed by atoms with Gasteiger partial charge in [0.2, 0.25) is 11.8 Å². The number of carbonyl (C=O) groups excluding carboxylic acids is 2. The Kier molecular flexibility index (Phi) is 3.00. The van der Waals surface area contributed by atoms with Crippen molar-refractivity contribution in [1.82, 2.24) is 5.32 Å². The zero-order chi connectivity index (χ0) is 9.07. The van der Waals surface area contributed by atoms with Crippen molar-refractivity contribution in [3.63, 3.8) is 0 Å². The topological polar surface area (TPSA) is 98.2 Å². The maximum absolute atomic E-state index is 10.7. The summed E-state index contributed by atoms with van der Waals surface area (Å²) in [5.74, 6) is -0.979. The van der Waals surface area contributed by atoms with Gasteiger partial charge < -0.3 is 16.8 Å². The zero-order valence-electron chi connectivity index (χ0n) is 6.68. The molecule has 0 aliphatic heterocycles. The van der Waals surface area contributed by atoms with Crippen molar-refractivity contribution in [3.05, 3.63) is 0 Å². The van der Waals surface area contributed by atoms with Crippen LogP contribution in [-0.4, -0.2) is 23.9 Å². The van der Waals surface area contributed by atoms with E-state index in [9.17, 15) is 9.59 Å². The number of hydrogen-bond acceptors (Lipinski definition) is 3. The number of hydrogen-bond donors (Lipinski definition) is 3. The second-order valence-corrected chi connectivity index (χ2v) is 2.74. The lowest BCUT2D eigenvalue weighted by Gasteiger charge is -2.21. The first kappa shape index (κ1) is 9.90. The van der Waals surface area contributed by atoms with Crippen LogP contribution in [0.2, 0.25) is 0 Å². The normalized spacial score (nSPS) is 10.8. The molecule has 64 valence electrons. The number of nitrogens with two attached hydrogens (primary N) is 2. The molecule has 5 nitrogen and oxygen atoms in total. The standard InChI is InChI=1S/C6H13N3O2/c1-6(2,5(8)11)9-4(10)3-7/h3,7H2,1-2H3,(H2,8,11)(H,9,10). The van der Waals surface area contributed by atoms with E-state index in [0.717, 1.165) is 0 Å². The molecule has 0 fully saturated rings. The summed E-state index contributed by atoms with van der Waals surface area (Å²) in [5, 5.41) is 2.37. The van der Waals surface area contributed by atoms with Crippen molar-refractivity contribution < 1.29 is 9.59 Å². The van der Waals surface area contributed by atoms with Gasteiger partial charge in [-0.15, -0.1) is 0 Å². The van der Waals surface area contributed by atoms with E-state index < -0.39 is 17.4 Å². The van der Waals surface area contributed by atoms with Crippen LogP contribution in [0.4, 0.5) is 0 Å². The molecule has 0 unspecified atom stereocenters. The Bertz CT molecular complexity index is 177. The third-order valence-electron chi connectivity index (χ3n) is 1.25. The van der Waals surface area contributed by atoms with Crippen LogP contribution in [-0.2, 0) is 9.59 Å². The Labute approximate surface area is 65.1 Å². The Balaban J connectivity index is 4.12. The molecule has 0 aliphatic rings. The minimum atomic E-state index is -1.02. The first-order valence-corrected chi connectivity index (χ1v) is 3.21. The minimum Gasteiger partial charge on any atom is -0.368 e. The molecule has 0 spiro atoms. The summed E-state index contributed by atoms with van der Waals surface area (Å²) < 4.78 is 0. The van der Waals surface area contributed by atoms with Crippen LogP contribution in [0.25, 0.3) is 0 Å². The molecular formula is C6H13N3O2. The van der Waals surface area contributed by atoms with Gasteiger partial charge in [0.05, 0.1) is 6.54 Å². The van der Waals surface area contributed by atoms with Crippen LogP contribution in [0.5, 0.6) is 0 Å². The van der Waals surface area contributed by atoms with Gasteiger partial charge in [0.25, 0.3) is 0 Å². The van der Waals surface area contributed by atoms with E-state index in [0.29, 0.717) is 0 Å². The van der Waals surface area contributed by atoms with Gasteiger partial charge in [-0.3, -0.25) is 9.59 Å². The first-order valence-electron chi connectivity index (χ1n) is 3.21. The maximum atomic E-state index is 10.7. The molecule has 2 amide bonds. The van der Waals surface area contributed by atoms with Crippen molar-refractivity contribution in [1.29, 1.82) is 0 Å². The van der Waals surface area contributed by atoms with Crippen LogP contribution in [0.1, 0.15) is 13.8 Å². The van der Waals surface area contributed by atoms with Crippen LogP contribution >= 0.6 is 0 Å². The van der Waals surface area contributed by atoms with Gasteiger partial charge in [0, 0.05) is 0 Å². The summed E-state index contributed by atoms with van der Waals surface area (Å²) in [6, 6.07) is 0. The van der Waals surface area contributed by atoms with Gasteiger partial charge in [-0.1, -0.05) is 0 Å². The van der Waals surface area contributed by atoms with E-state index >= 15 is 0 Å². The summed E-state index contributed by atoms with van der Waals surface area (Å²) in [5.41, 5.74) is 8.98. The Morgan fingerprint density at radius 1 is 1.45 bits per heavy atom. The molecule has 0 aromatic carbocycles. The zero-order valence-corrected chi connectivity index (χ0v) is 6.68. The average Bonchev–Trinajstić information content (AvgIpc) is 1.86. The van der Waals surface area contributed by atoms with Crippen molar-refractivity contribution in [2.24, 2.45) is 11.5 Å². The molecule has 11 heavy (non-hydrogen) atoms. The maximum Gasteiger partial charge on any atom is 0.242 e. The fourth-order valence-corrected chi connectivity index (χ4v) is 0.461. The Morgan fingerprint density at radius 2 is 1.91 bits per heavy atom. The number of carbonyl (C=O) groups is 2. The van der Waals surface area contributed by atoms with Gasteiger partial charge in [-0.05, 0) is 13.8 Å². The second-order valence-electron chi connectivity index (χ2n) is 2.74. The van der Waals surface area contributed by atoms with E-state index in [1.807, 2.05) is 0 Å². The Morgan fingerprint density at radius 3 is 2.18 bits per heavy atom. The lowest BCUT2D eigenvalue weighted by Crippen LogP contribution is -2.54. The molecule has 0 rings (SSSR count). The molecule has 0 bridgehead atoms. The molecule has 0 aromatic heterocycles. The average molecular weight is 159 g/mol. The predicted octanol–water partition coefficient (Wildman–Crippen LogP) is -1.67. The van der Waals surface area contributed by atoms with Crippen LogP contribution in [0, 0.1) is 0 Å². The third-order valence-corrected chi connectivity index (χ3v) is 1.25. The highest BCUT2D eigenvalue weighted by Crippen LogP contribution is 1.98. The van der Waals surface area contributed by atoms with E-state index in [1.54, 1.807) is 0 Å². The fourth-order valence-electron chi connectivity index (χ4n) is 0.461. The molecule has 0 aliphatic carbocycles. The fraction of sp³-hybridized carbons (Fsp3) is 0.667. The molecule has 0 aromatic rings. The molecule has 5 heteroatoms. The molecule has 0 atom stereocenters. The molecule has 0 saturated heterocycles. The van der Waals surface area contributed by atoms with Gasteiger partial charge in [-0.2, -0.15) is 0 Å². The van der Waals surface area contributed by atoms with Crippen molar-refractivity contribution >= 4 is 11.8 Å². The van der Waals surface area contributed by atoms with E-state index in [1.165, 1.54) is 13.8 Å². The third kappa shape index (κ3) is 2.99. The largest absolute Gasteiger partial charge is 0.368 e. The molecular weight excluding hydrogens is 146 g/mol. The van der Waals surface area contributed by atoms with Crippen LogP contribution in [0.3, 0.4) is 0 Å². The SMILES string of the molecule is CC(C)(NC(=O)CN)C(N)=O. The van der Waals surface area contributed by atoms with E-state index in [4.69, 9.17) is 11.5 Å². The van der Waals surface area contributed by atoms with Gasteiger partial charge in [0.1, 0.15) is 5.54 Å². The summed E-state index contributed by atoms with van der Waals surface area (Å²) in [6.07, 6.45) is 0. The van der Waals surface area contributed by atoms with Crippen LogP contribution in [0.15, 0.2) is 0 Å². The first-order chi connectivity index (χ1) is 4.90. The predicted molar refractivity (Wildman–Crippen MR) is 40.5 cm³/mol. The highest BCUT2D eigenvalue weighted by atomic mass is 16.2. The minimum absolute atomic E-state index is 0.142. The molecule has 0 radical (unpaired) electrons. The highest BCUT2D eigenvalue weighted by Gasteiger charge is 2.25. The van der Waals surface area contributed by atoms with E-state index in [2.05, 4.69) is 5.32 Å². The molecule has 5 N–H and O–H groups in total. The van der Waals surface area contributed by atoms with Gasteiger partial charge >= 0.3 is 0 Å². The number of primary amides is 1. The van der Waals surface area contributed by atoms with Crippen molar-refractivity contribution in [3.8, 4) is 0 Å². The quantitative estimate of drug-likeness (QED) is 0.459. The summed E-state index contributed by atoms with van der Waals surface area (Å²) >= 11 is 0. The molecule has 0 heterocycles. The van der Waals surface area contributed by atoms with Crippen molar-refractivity contribution in [2.75, 3.05) is 6.54 Å². The second kappa shape index (κ2) is 3.34. The monoisotopic (exact) mass is 159 g/mol.